The third-order valence-corrected chi connectivity index (χ3v) is 3.73. The van der Waals surface area contributed by atoms with Gasteiger partial charge in [0, 0.05) is 22.3 Å². The van der Waals surface area contributed by atoms with Crippen molar-refractivity contribution in [2.45, 2.75) is 6.54 Å². The van der Waals surface area contributed by atoms with Crippen LogP contribution in [0, 0.1) is 5.82 Å². The minimum absolute atomic E-state index is 0.254. The fourth-order valence-corrected chi connectivity index (χ4v) is 2.32. The van der Waals surface area contributed by atoms with E-state index in [0.717, 1.165) is 21.3 Å². The number of nitrogens with zero attached hydrogens (tertiary/aromatic N) is 3. The maximum absolute atomic E-state index is 13.2. The molecule has 0 amide bonds. The Bertz CT molecular complexity index is 745. The van der Waals surface area contributed by atoms with Crippen molar-refractivity contribution in [1.82, 2.24) is 20.6 Å². The smallest absolute Gasteiger partial charge is 0.204 e. The van der Waals surface area contributed by atoms with Crippen molar-refractivity contribution in [2.24, 2.45) is 0 Å². The number of hydrogen-bond donors (Lipinski definition) is 2. The lowest BCUT2D eigenvalue weighted by Gasteiger charge is -2.09. The molecule has 0 unspecified atom stereocenters. The van der Waals surface area contributed by atoms with E-state index in [9.17, 15) is 4.39 Å². The molecular weight excluding hydrogens is 337 g/mol. The van der Waals surface area contributed by atoms with E-state index in [1.165, 1.54) is 12.1 Å². The summed E-state index contributed by atoms with van der Waals surface area (Å²) >= 11 is 3.41. The van der Waals surface area contributed by atoms with Gasteiger partial charge in [0.25, 0.3) is 0 Å². The van der Waals surface area contributed by atoms with E-state index in [-0.39, 0.29) is 5.82 Å². The van der Waals surface area contributed by atoms with Crippen molar-refractivity contribution in [3.63, 3.8) is 0 Å². The number of hydrogen-bond acceptors (Lipinski definition) is 4. The van der Waals surface area contributed by atoms with Gasteiger partial charge in [-0.1, -0.05) is 28.1 Å². The van der Waals surface area contributed by atoms with Crippen LogP contribution in [0.25, 0.3) is 11.4 Å². The minimum atomic E-state index is -0.254. The minimum Gasteiger partial charge on any atom is -0.381 e. The second-order valence-corrected chi connectivity index (χ2v) is 5.26. The number of H-pyrrole nitrogens is 1. The summed E-state index contributed by atoms with van der Waals surface area (Å²) in [5.41, 5.74) is 2.60. The number of halogens is 2. The summed E-state index contributed by atoms with van der Waals surface area (Å²) in [6.07, 6.45) is 0. The highest BCUT2D eigenvalue weighted by molar-refractivity contribution is 9.10. The summed E-state index contributed by atoms with van der Waals surface area (Å²) in [4.78, 5) is 0. The zero-order valence-corrected chi connectivity index (χ0v) is 12.4. The monoisotopic (exact) mass is 347 g/mol. The number of aromatic nitrogens is 4. The average molecular weight is 348 g/mol. The van der Waals surface area contributed by atoms with E-state index < -0.39 is 0 Å². The first-order valence-electron chi connectivity index (χ1n) is 6.24. The predicted octanol–water partition coefficient (Wildman–Crippen LogP) is 3.38. The van der Waals surface area contributed by atoms with Gasteiger partial charge in [0.2, 0.25) is 5.82 Å². The predicted molar refractivity (Wildman–Crippen MR) is 81.0 cm³/mol. The van der Waals surface area contributed by atoms with Gasteiger partial charge in [0.1, 0.15) is 5.82 Å². The van der Waals surface area contributed by atoms with Crippen molar-refractivity contribution >= 4 is 21.6 Å². The highest BCUT2D eigenvalue weighted by Crippen LogP contribution is 2.21. The van der Waals surface area contributed by atoms with Crippen LogP contribution < -0.4 is 5.32 Å². The first-order valence-corrected chi connectivity index (χ1v) is 7.03. The summed E-state index contributed by atoms with van der Waals surface area (Å²) in [5, 5.41) is 17.1. The van der Waals surface area contributed by atoms with Crippen LogP contribution in [0.15, 0.2) is 46.9 Å². The third-order valence-electron chi connectivity index (χ3n) is 2.96. The molecule has 2 aromatic carbocycles. The van der Waals surface area contributed by atoms with E-state index in [1.807, 2.05) is 24.3 Å². The van der Waals surface area contributed by atoms with Gasteiger partial charge in [0.15, 0.2) is 0 Å². The number of nitrogens with one attached hydrogen (secondary N) is 2. The van der Waals surface area contributed by atoms with Gasteiger partial charge in [-0.2, -0.15) is 5.21 Å². The second-order valence-electron chi connectivity index (χ2n) is 4.41. The van der Waals surface area contributed by atoms with E-state index in [2.05, 4.69) is 41.9 Å². The normalized spacial score (nSPS) is 10.6. The average Bonchev–Trinajstić information content (AvgIpc) is 3.03. The molecule has 21 heavy (non-hydrogen) atoms. The number of aromatic amines is 1. The number of benzene rings is 2. The molecule has 3 aromatic rings. The van der Waals surface area contributed by atoms with Crippen LogP contribution in [0.2, 0.25) is 0 Å². The van der Waals surface area contributed by atoms with Crippen molar-refractivity contribution < 1.29 is 4.39 Å². The quantitative estimate of drug-likeness (QED) is 0.759. The van der Waals surface area contributed by atoms with E-state index >= 15 is 0 Å². The van der Waals surface area contributed by atoms with Crippen molar-refractivity contribution in [1.29, 1.82) is 0 Å². The van der Waals surface area contributed by atoms with E-state index in [1.54, 1.807) is 6.07 Å². The molecule has 7 heteroatoms. The molecule has 0 saturated carbocycles. The van der Waals surface area contributed by atoms with Crippen LogP contribution in [0.1, 0.15) is 5.56 Å². The standard InChI is InChI=1S/C14H11BrFN5/c15-13-5-4-11(16)6-10(13)8-17-12-3-1-2-9(7-12)14-18-20-21-19-14/h1-7,17H,8H2,(H,18,19,20,21). The number of anilines is 1. The highest BCUT2D eigenvalue weighted by atomic mass is 79.9. The van der Waals surface area contributed by atoms with Gasteiger partial charge in [-0.05, 0) is 41.1 Å². The van der Waals surface area contributed by atoms with Crippen molar-refractivity contribution in [3.05, 3.63) is 58.3 Å². The van der Waals surface area contributed by atoms with Crippen LogP contribution >= 0.6 is 15.9 Å². The summed E-state index contributed by atoms with van der Waals surface area (Å²) < 4.78 is 14.1. The molecule has 0 saturated heterocycles. The molecule has 0 radical (unpaired) electrons. The Morgan fingerprint density at radius 2 is 2.10 bits per heavy atom. The molecule has 106 valence electrons. The molecule has 0 atom stereocenters. The molecule has 0 aliphatic carbocycles. The zero-order valence-electron chi connectivity index (χ0n) is 10.8. The van der Waals surface area contributed by atoms with E-state index in [4.69, 9.17) is 0 Å². The molecule has 1 aromatic heterocycles. The first-order chi connectivity index (χ1) is 10.2. The lowest BCUT2D eigenvalue weighted by atomic mass is 10.1. The highest BCUT2D eigenvalue weighted by Gasteiger charge is 2.05. The Morgan fingerprint density at radius 1 is 1.19 bits per heavy atom. The number of rotatable bonds is 4. The maximum atomic E-state index is 13.2. The first kappa shape index (κ1) is 13.7. The molecule has 2 N–H and O–H groups in total. The molecule has 3 rings (SSSR count). The third kappa shape index (κ3) is 3.25. The molecule has 0 bridgehead atoms. The molecule has 1 heterocycles. The second kappa shape index (κ2) is 6.01. The van der Waals surface area contributed by atoms with Gasteiger partial charge in [0.05, 0.1) is 0 Å². The molecule has 0 fully saturated rings. The van der Waals surface area contributed by atoms with Gasteiger partial charge in [-0.15, -0.1) is 10.2 Å². The fraction of sp³-hybridized carbons (Fsp3) is 0.0714. The van der Waals surface area contributed by atoms with Crippen LogP contribution in [-0.4, -0.2) is 20.6 Å². The largest absolute Gasteiger partial charge is 0.381 e. The molecular formula is C14H11BrFN5. The van der Waals surface area contributed by atoms with Crippen molar-refractivity contribution in [3.8, 4) is 11.4 Å². The van der Waals surface area contributed by atoms with Crippen LogP contribution in [0.4, 0.5) is 10.1 Å². The molecule has 0 spiro atoms. The Hall–Kier alpha value is -2.28. The van der Waals surface area contributed by atoms with Gasteiger partial charge in [-0.25, -0.2) is 4.39 Å². The number of tetrazole rings is 1. The molecule has 0 aliphatic heterocycles. The van der Waals surface area contributed by atoms with Crippen molar-refractivity contribution in [2.75, 3.05) is 5.32 Å². The van der Waals surface area contributed by atoms with Crippen LogP contribution in [-0.2, 0) is 6.54 Å². The van der Waals surface area contributed by atoms with Crippen LogP contribution in [0.3, 0.4) is 0 Å². The van der Waals surface area contributed by atoms with Gasteiger partial charge < -0.3 is 5.32 Å². The summed E-state index contributed by atoms with van der Waals surface area (Å²) in [7, 11) is 0. The summed E-state index contributed by atoms with van der Waals surface area (Å²) in [5.74, 6) is 0.279. The fourth-order valence-electron chi connectivity index (χ4n) is 1.93. The Kier molecular flexibility index (Phi) is 3.92. The Balaban J connectivity index is 1.76. The maximum Gasteiger partial charge on any atom is 0.204 e. The lowest BCUT2D eigenvalue weighted by molar-refractivity contribution is 0.625. The van der Waals surface area contributed by atoms with Gasteiger partial charge >= 0.3 is 0 Å². The Morgan fingerprint density at radius 3 is 2.90 bits per heavy atom. The van der Waals surface area contributed by atoms with E-state index in [0.29, 0.717) is 12.4 Å². The topological polar surface area (TPSA) is 66.5 Å². The van der Waals surface area contributed by atoms with Gasteiger partial charge in [-0.3, -0.25) is 0 Å². The molecule has 0 aliphatic rings. The summed E-state index contributed by atoms with van der Waals surface area (Å²) in [6, 6.07) is 12.3. The lowest BCUT2D eigenvalue weighted by Crippen LogP contribution is -2.01. The molecule has 5 nitrogen and oxygen atoms in total. The Labute approximate surface area is 128 Å². The van der Waals surface area contributed by atoms with Crippen LogP contribution in [0.5, 0.6) is 0 Å². The summed E-state index contributed by atoms with van der Waals surface area (Å²) in [6.45, 7) is 0.508. The zero-order chi connectivity index (χ0) is 14.7. The SMILES string of the molecule is Fc1ccc(Br)c(CNc2cccc(-c3nn[nH]n3)c2)c1.